The van der Waals surface area contributed by atoms with Gasteiger partial charge in [-0.3, -0.25) is 0 Å². The first-order chi connectivity index (χ1) is 8.41. The molecule has 0 saturated carbocycles. The molecule has 2 unspecified atom stereocenters. The fraction of sp³-hybridized carbons (Fsp3) is 0.600. The lowest BCUT2D eigenvalue weighted by Crippen LogP contribution is -2.31. The zero-order chi connectivity index (χ0) is 13.7. The summed E-state index contributed by atoms with van der Waals surface area (Å²) in [5.41, 5.74) is 0.642. The molecule has 0 aliphatic carbocycles. The van der Waals surface area contributed by atoms with E-state index in [1.807, 2.05) is 0 Å². The third-order valence-electron chi connectivity index (χ3n) is 3.41. The fourth-order valence-corrected chi connectivity index (χ4v) is 2.11. The van der Waals surface area contributed by atoms with Gasteiger partial charge >= 0.3 is 0 Å². The van der Waals surface area contributed by atoms with Crippen molar-refractivity contribution < 1.29 is 4.39 Å². The monoisotopic (exact) mass is 271 g/mol. The van der Waals surface area contributed by atoms with Crippen LogP contribution in [0.25, 0.3) is 0 Å². The van der Waals surface area contributed by atoms with Crippen molar-refractivity contribution >= 4 is 11.6 Å². The summed E-state index contributed by atoms with van der Waals surface area (Å²) in [5, 5.41) is 3.95. The molecule has 1 aromatic rings. The van der Waals surface area contributed by atoms with Gasteiger partial charge in [0.2, 0.25) is 0 Å². The van der Waals surface area contributed by atoms with Crippen LogP contribution in [0.1, 0.15) is 33.3 Å². The second-order valence-corrected chi connectivity index (χ2v) is 5.83. The average Bonchev–Trinajstić information content (AvgIpc) is 2.30. The van der Waals surface area contributed by atoms with Gasteiger partial charge in [0.25, 0.3) is 0 Å². The zero-order valence-electron chi connectivity index (χ0n) is 11.6. The second kappa shape index (κ2) is 7.10. The van der Waals surface area contributed by atoms with Crippen LogP contribution in [0, 0.1) is 17.7 Å². The summed E-state index contributed by atoms with van der Waals surface area (Å²) in [6.07, 6.45) is 0.687. The fourth-order valence-electron chi connectivity index (χ4n) is 1.87. The van der Waals surface area contributed by atoms with Gasteiger partial charge < -0.3 is 5.32 Å². The minimum absolute atomic E-state index is 0.196. The van der Waals surface area contributed by atoms with Crippen molar-refractivity contribution in [3.8, 4) is 0 Å². The largest absolute Gasteiger partial charge is 0.314 e. The number of hydrogen-bond donors (Lipinski definition) is 1. The molecule has 0 amide bonds. The maximum atomic E-state index is 13.7. The molecular formula is C15H23ClFN. The van der Waals surface area contributed by atoms with E-state index in [4.69, 9.17) is 11.6 Å². The molecular weight excluding hydrogens is 249 g/mol. The van der Waals surface area contributed by atoms with E-state index in [1.54, 1.807) is 12.1 Å². The van der Waals surface area contributed by atoms with Gasteiger partial charge in [0.1, 0.15) is 5.82 Å². The number of hydrogen-bond acceptors (Lipinski definition) is 1. The molecule has 18 heavy (non-hydrogen) atoms. The Morgan fingerprint density at radius 2 is 1.83 bits per heavy atom. The highest BCUT2D eigenvalue weighted by Gasteiger charge is 2.16. The summed E-state index contributed by atoms with van der Waals surface area (Å²) in [4.78, 5) is 0. The van der Waals surface area contributed by atoms with Crippen LogP contribution in [-0.4, -0.2) is 12.6 Å². The first-order valence-corrected chi connectivity index (χ1v) is 6.95. The molecule has 3 heteroatoms. The lowest BCUT2D eigenvalue weighted by molar-refractivity contribution is 0.351. The Bertz CT molecular complexity index is 359. The maximum Gasteiger partial charge on any atom is 0.127 e. The molecule has 0 aromatic heterocycles. The summed E-state index contributed by atoms with van der Waals surface area (Å²) in [5.74, 6) is 0.687. The molecule has 0 aliphatic rings. The van der Waals surface area contributed by atoms with E-state index in [0.29, 0.717) is 34.9 Å². The Labute approximate surface area is 115 Å². The summed E-state index contributed by atoms with van der Waals surface area (Å²) in [6, 6.07) is 5.36. The first kappa shape index (κ1) is 15.5. The number of nitrogens with one attached hydrogen (secondary N) is 1. The third-order valence-corrected chi connectivity index (χ3v) is 3.76. The van der Waals surface area contributed by atoms with Crippen LogP contribution in [0.2, 0.25) is 5.02 Å². The normalized spacial score (nSPS) is 14.8. The van der Waals surface area contributed by atoms with Gasteiger partial charge in [-0.05, 0) is 36.9 Å². The topological polar surface area (TPSA) is 12.0 Å². The summed E-state index contributed by atoms with van der Waals surface area (Å²) >= 11 is 6.05. The Kier molecular flexibility index (Phi) is 6.10. The molecule has 0 spiro atoms. The third kappa shape index (κ3) is 4.58. The van der Waals surface area contributed by atoms with Gasteiger partial charge in [0.05, 0.1) is 0 Å². The van der Waals surface area contributed by atoms with Crippen LogP contribution in [0.3, 0.4) is 0 Å². The smallest absolute Gasteiger partial charge is 0.127 e. The molecule has 0 bridgehead atoms. The van der Waals surface area contributed by atoms with Crippen LogP contribution >= 0.6 is 11.6 Å². The van der Waals surface area contributed by atoms with E-state index < -0.39 is 0 Å². The Morgan fingerprint density at radius 1 is 1.17 bits per heavy atom. The van der Waals surface area contributed by atoms with Crippen LogP contribution in [0.15, 0.2) is 18.2 Å². The van der Waals surface area contributed by atoms with Crippen molar-refractivity contribution in [1.82, 2.24) is 5.32 Å². The molecule has 0 heterocycles. The minimum Gasteiger partial charge on any atom is -0.314 e. The molecule has 1 rings (SSSR count). The average molecular weight is 272 g/mol. The SMILES string of the molecule is CC(C)NCC(C)C(C)Cc1c(F)cccc1Cl. The lowest BCUT2D eigenvalue weighted by atomic mass is 9.89. The van der Waals surface area contributed by atoms with Crippen LogP contribution in [0.5, 0.6) is 0 Å². The predicted octanol–water partition coefficient (Wildman–Crippen LogP) is 4.29. The van der Waals surface area contributed by atoms with E-state index in [2.05, 4.69) is 33.0 Å². The Hall–Kier alpha value is -0.600. The standard InChI is InChI=1S/C15H23ClFN/c1-10(2)18-9-12(4)11(3)8-13-14(16)6-5-7-15(13)17/h5-7,10-12,18H,8-9H2,1-4H3. The summed E-state index contributed by atoms with van der Waals surface area (Å²) < 4.78 is 13.7. The van der Waals surface area contributed by atoms with Crippen LogP contribution in [0.4, 0.5) is 4.39 Å². The van der Waals surface area contributed by atoms with Crippen molar-refractivity contribution in [3.05, 3.63) is 34.6 Å². The molecule has 0 radical (unpaired) electrons. The number of halogens is 2. The Balaban J connectivity index is 2.61. The van der Waals surface area contributed by atoms with E-state index in [-0.39, 0.29) is 5.82 Å². The summed E-state index contributed by atoms with van der Waals surface area (Å²) in [7, 11) is 0. The van der Waals surface area contributed by atoms with Crippen molar-refractivity contribution in [2.75, 3.05) is 6.54 Å². The molecule has 1 nitrogen and oxygen atoms in total. The van der Waals surface area contributed by atoms with E-state index in [1.165, 1.54) is 6.07 Å². The highest BCUT2D eigenvalue weighted by atomic mass is 35.5. The van der Waals surface area contributed by atoms with Gasteiger partial charge in [-0.1, -0.05) is 45.4 Å². The van der Waals surface area contributed by atoms with Crippen molar-refractivity contribution in [2.24, 2.45) is 11.8 Å². The van der Waals surface area contributed by atoms with E-state index in [0.717, 1.165) is 6.54 Å². The quantitative estimate of drug-likeness (QED) is 0.814. The van der Waals surface area contributed by atoms with Crippen LogP contribution in [-0.2, 0) is 6.42 Å². The zero-order valence-corrected chi connectivity index (χ0v) is 12.4. The minimum atomic E-state index is -0.196. The highest BCUT2D eigenvalue weighted by Crippen LogP contribution is 2.25. The molecule has 1 aromatic carbocycles. The molecule has 0 fully saturated rings. The molecule has 1 N–H and O–H groups in total. The van der Waals surface area contributed by atoms with Gasteiger partial charge in [0, 0.05) is 16.6 Å². The lowest BCUT2D eigenvalue weighted by Gasteiger charge is -2.22. The molecule has 0 saturated heterocycles. The van der Waals surface area contributed by atoms with Crippen molar-refractivity contribution in [1.29, 1.82) is 0 Å². The van der Waals surface area contributed by atoms with Crippen LogP contribution < -0.4 is 5.32 Å². The Morgan fingerprint density at radius 3 is 2.39 bits per heavy atom. The van der Waals surface area contributed by atoms with Gasteiger partial charge in [0.15, 0.2) is 0 Å². The summed E-state index contributed by atoms with van der Waals surface area (Å²) in [6.45, 7) is 9.55. The van der Waals surface area contributed by atoms with Crippen molar-refractivity contribution in [2.45, 2.75) is 40.2 Å². The van der Waals surface area contributed by atoms with Gasteiger partial charge in [-0.2, -0.15) is 0 Å². The van der Waals surface area contributed by atoms with E-state index in [9.17, 15) is 4.39 Å². The van der Waals surface area contributed by atoms with Gasteiger partial charge in [-0.25, -0.2) is 4.39 Å². The number of rotatable bonds is 6. The first-order valence-electron chi connectivity index (χ1n) is 6.58. The second-order valence-electron chi connectivity index (χ2n) is 5.42. The number of benzene rings is 1. The van der Waals surface area contributed by atoms with Gasteiger partial charge in [-0.15, -0.1) is 0 Å². The molecule has 2 atom stereocenters. The highest BCUT2D eigenvalue weighted by molar-refractivity contribution is 6.31. The molecule has 102 valence electrons. The predicted molar refractivity (Wildman–Crippen MR) is 76.6 cm³/mol. The molecule has 0 aliphatic heterocycles. The van der Waals surface area contributed by atoms with Crippen molar-refractivity contribution in [3.63, 3.8) is 0 Å². The maximum absolute atomic E-state index is 13.7. The van der Waals surface area contributed by atoms with E-state index >= 15 is 0 Å².